The van der Waals surface area contributed by atoms with E-state index >= 15 is 0 Å². The third kappa shape index (κ3) is 3.79. The van der Waals surface area contributed by atoms with Gasteiger partial charge in [0.05, 0.1) is 6.61 Å². The summed E-state index contributed by atoms with van der Waals surface area (Å²) in [4.78, 5) is 0. The first-order valence-corrected chi connectivity index (χ1v) is 7.68. The van der Waals surface area contributed by atoms with Crippen molar-refractivity contribution in [1.29, 1.82) is 0 Å². The number of hydrogen-bond donors (Lipinski definition) is 1. The first-order valence-electron chi connectivity index (χ1n) is 6.53. The van der Waals surface area contributed by atoms with Crippen LogP contribution in [0.4, 0.5) is 0 Å². The SMILES string of the molecule is C=CCSCCNCC1CCOc2ccccc21. The van der Waals surface area contributed by atoms with E-state index in [0.29, 0.717) is 5.92 Å². The number of fused-ring (bicyclic) bond motifs is 1. The Bertz CT molecular complexity index is 381. The number of benzene rings is 1. The van der Waals surface area contributed by atoms with Gasteiger partial charge in [0.1, 0.15) is 5.75 Å². The molecule has 1 aromatic rings. The highest BCUT2D eigenvalue weighted by Crippen LogP contribution is 2.32. The van der Waals surface area contributed by atoms with Crippen LogP contribution in [0, 0.1) is 0 Å². The molecule has 2 rings (SSSR count). The van der Waals surface area contributed by atoms with E-state index in [4.69, 9.17) is 4.74 Å². The van der Waals surface area contributed by atoms with Crippen LogP contribution in [0.1, 0.15) is 17.9 Å². The van der Waals surface area contributed by atoms with E-state index in [1.165, 1.54) is 5.56 Å². The van der Waals surface area contributed by atoms with Gasteiger partial charge in [0.2, 0.25) is 0 Å². The second kappa shape index (κ2) is 7.49. The molecule has 0 aromatic heterocycles. The van der Waals surface area contributed by atoms with Gasteiger partial charge in [-0.25, -0.2) is 0 Å². The van der Waals surface area contributed by atoms with Crippen LogP contribution in [0.2, 0.25) is 0 Å². The molecule has 1 aliphatic rings. The van der Waals surface area contributed by atoms with E-state index in [9.17, 15) is 0 Å². The Labute approximate surface area is 114 Å². The molecule has 0 fully saturated rings. The Balaban J connectivity index is 1.75. The summed E-state index contributed by atoms with van der Waals surface area (Å²) in [6, 6.07) is 8.40. The highest BCUT2D eigenvalue weighted by atomic mass is 32.2. The summed E-state index contributed by atoms with van der Waals surface area (Å²) < 4.78 is 5.67. The Morgan fingerprint density at radius 2 is 2.33 bits per heavy atom. The highest BCUT2D eigenvalue weighted by Gasteiger charge is 2.20. The normalized spacial score (nSPS) is 17.9. The average molecular weight is 263 g/mol. The number of para-hydroxylation sites is 1. The van der Waals surface area contributed by atoms with Gasteiger partial charge in [-0.1, -0.05) is 24.3 Å². The fourth-order valence-electron chi connectivity index (χ4n) is 2.22. The van der Waals surface area contributed by atoms with E-state index in [-0.39, 0.29) is 0 Å². The maximum Gasteiger partial charge on any atom is 0.122 e. The lowest BCUT2D eigenvalue weighted by molar-refractivity contribution is 0.265. The fraction of sp³-hybridized carbons (Fsp3) is 0.467. The van der Waals surface area contributed by atoms with Gasteiger partial charge in [0.15, 0.2) is 0 Å². The molecule has 0 bridgehead atoms. The van der Waals surface area contributed by atoms with Gasteiger partial charge in [0, 0.05) is 30.5 Å². The van der Waals surface area contributed by atoms with E-state index in [1.807, 2.05) is 23.9 Å². The molecule has 1 aromatic carbocycles. The maximum absolute atomic E-state index is 5.67. The van der Waals surface area contributed by atoms with Crippen LogP contribution in [0.3, 0.4) is 0 Å². The van der Waals surface area contributed by atoms with Crippen molar-refractivity contribution in [3.63, 3.8) is 0 Å². The molecule has 0 saturated carbocycles. The lowest BCUT2D eigenvalue weighted by Gasteiger charge is -2.26. The summed E-state index contributed by atoms with van der Waals surface area (Å²) in [5.74, 6) is 3.86. The van der Waals surface area contributed by atoms with Crippen LogP contribution in [-0.2, 0) is 0 Å². The number of ether oxygens (including phenoxy) is 1. The molecule has 1 heterocycles. The molecular formula is C15H21NOS. The summed E-state index contributed by atoms with van der Waals surface area (Å²) in [5.41, 5.74) is 1.36. The third-order valence-corrected chi connectivity index (χ3v) is 4.10. The predicted octanol–water partition coefficient (Wildman–Crippen LogP) is 3.06. The number of hydrogen-bond acceptors (Lipinski definition) is 3. The minimum atomic E-state index is 0.597. The zero-order valence-corrected chi connectivity index (χ0v) is 11.5. The van der Waals surface area contributed by atoms with Crippen molar-refractivity contribution in [2.45, 2.75) is 12.3 Å². The van der Waals surface area contributed by atoms with Crippen molar-refractivity contribution in [2.24, 2.45) is 0 Å². The Kier molecular flexibility index (Phi) is 5.62. The summed E-state index contributed by atoms with van der Waals surface area (Å²) >= 11 is 1.92. The molecule has 98 valence electrons. The van der Waals surface area contributed by atoms with Crippen LogP contribution in [-0.4, -0.2) is 31.2 Å². The Morgan fingerprint density at radius 3 is 3.22 bits per heavy atom. The van der Waals surface area contributed by atoms with Gasteiger partial charge in [0.25, 0.3) is 0 Å². The van der Waals surface area contributed by atoms with Gasteiger partial charge < -0.3 is 10.1 Å². The van der Waals surface area contributed by atoms with Gasteiger partial charge in [-0.05, 0) is 18.1 Å². The van der Waals surface area contributed by atoms with Gasteiger partial charge >= 0.3 is 0 Å². The lowest BCUT2D eigenvalue weighted by Crippen LogP contribution is -2.27. The average Bonchev–Trinajstić information content (AvgIpc) is 2.43. The van der Waals surface area contributed by atoms with Gasteiger partial charge in [-0.15, -0.1) is 6.58 Å². The van der Waals surface area contributed by atoms with Crippen LogP contribution in [0.25, 0.3) is 0 Å². The summed E-state index contributed by atoms with van der Waals surface area (Å²) in [6.45, 7) is 6.68. The van der Waals surface area contributed by atoms with Crippen molar-refractivity contribution >= 4 is 11.8 Å². The smallest absolute Gasteiger partial charge is 0.122 e. The van der Waals surface area contributed by atoms with Crippen LogP contribution in [0.15, 0.2) is 36.9 Å². The van der Waals surface area contributed by atoms with Crippen LogP contribution >= 0.6 is 11.8 Å². The quantitative estimate of drug-likeness (QED) is 0.603. The Morgan fingerprint density at radius 1 is 1.44 bits per heavy atom. The van der Waals surface area contributed by atoms with Gasteiger partial charge in [-0.2, -0.15) is 11.8 Å². The summed E-state index contributed by atoms with van der Waals surface area (Å²) in [5, 5.41) is 3.54. The van der Waals surface area contributed by atoms with E-state index in [1.54, 1.807) is 0 Å². The zero-order chi connectivity index (χ0) is 12.6. The zero-order valence-electron chi connectivity index (χ0n) is 10.7. The number of thioether (sulfide) groups is 1. The minimum absolute atomic E-state index is 0.597. The molecule has 0 amide bonds. The van der Waals surface area contributed by atoms with Crippen molar-refractivity contribution < 1.29 is 4.74 Å². The first kappa shape index (κ1) is 13.5. The summed E-state index contributed by atoms with van der Waals surface area (Å²) in [7, 11) is 0. The Hall–Kier alpha value is -0.930. The van der Waals surface area contributed by atoms with Crippen molar-refractivity contribution in [3.8, 4) is 5.75 Å². The summed E-state index contributed by atoms with van der Waals surface area (Å²) in [6.07, 6.45) is 3.07. The molecule has 3 heteroatoms. The van der Waals surface area contributed by atoms with Crippen molar-refractivity contribution in [1.82, 2.24) is 5.32 Å². The third-order valence-electron chi connectivity index (χ3n) is 3.13. The monoisotopic (exact) mass is 263 g/mol. The molecule has 2 nitrogen and oxygen atoms in total. The van der Waals surface area contributed by atoms with Gasteiger partial charge in [-0.3, -0.25) is 0 Å². The molecule has 0 radical (unpaired) electrons. The number of rotatable bonds is 7. The van der Waals surface area contributed by atoms with Crippen molar-refractivity contribution in [3.05, 3.63) is 42.5 Å². The minimum Gasteiger partial charge on any atom is -0.493 e. The molecule has 1 N–H and O–H groups in total. The highest BCUT2D eigenvalue weighted by molar-refractivity contribution is 7.99. The molecule has 1 unspecified atom stereocenters. The molecular weight excluding hydrogens is 242 g/mol. The largest absolute Gasteiger partial charge is 0.493 e. The van der Waals surface area contributed by atoms with E-state index in [2.05, 4.69) is 30.1 Å². The second-order valence-corrected chi connectivity index (χ2v) is 5.59. The van der Waals surface area contributed by atoms with Crippen LogP contribution < -0.4 is 10.1 Å². The topological polar surface area (TPSA) is 21.3 Å². The molecule has 0 aliphatic carbocycles. The van der Waals surface area contributed by atoms with E-state index in [0.717, 1.165) is 43.4 Å². The second-order valence-electron chi connectivity index (χ2n) is 4.44. The predicted molar refractivity (Wildman–Crippen MR) is 79.7 cm³/mol. The first-order chi connectivity index (χ1) is 8.92. The van der Waals surface area contributed by atoms with Crippen molar-refractivity contribution in [2.75, 3.05) is 31.2 Å². The van der Waals surface area contributed by atoms with E-state index < -0.39 is 0 Å². The lowest BCUT2D eigenvalue weighted by atomic mass is 9.93. The molecule has 0 spiro atoms. The standard InChI is InChI=1S/C15H21NOS/c1-2-10-18-11-8-16-12-13-7-9-17-15-6-4-3-5-14(13)15/h2-6,13,16H,1,7-12H2. The molecule has 1 atom stereocenters. The molecule has 1 aliphatic heterocycles. The van der Waals surface area contributed by atoms with Crippen LogP contribution in [0.5, 0.6) is 5.75 Å². The molecule has 18 heavy (non-hydrogen) atoms. The molecule has 0 saturated heterocycles. The maximum atomic E-state index is 5.67. The fourth-order valence-corrected chi connectivity index (χ4v) is 2.84. The number of nitrogens with one attached hydrogen (secondary N) is 1.